The highest BCUT2D eigenvalue weighted by atomic mass is 35.5. The lowest BCUT2D eigenvalue weighted by Crippen LogP contribution is -2.71. The molecule has 7 heteroatoms. The number of hydrogen-bond acceptors (Lipinski definition) is 5. The minimum atomic E-state index is -1.41. The average molecular weight is 299 g/mol. The summed E-state index contributed by atoms with van der Waals surface area (Å²) < 4.78 is 21.2. The van der Waals surface area contributed by atoms with E-state index in [0.717, 1.165) is 0 Å². The Bertz CT molecular complexity index is 374. The molecule has 1 unspecified atom stereocenters. The topological polar surface area (TPSA) is 57.2 Å². The maximum Gasteiger partial charge on any atom is 0.187 e. The van der Waals surface area contributed by atoms with E-state index in [-0.39, 0.29) is 0 Å². The van der Waals surface area contributed by atoms with Crippen molar-refractivity contribution in [2.45, 2.75) is 60.6 Å². The number of halogens is 2. The summed E-state index contributed by atoms with van der Waals surface area (Å²) in [7, 11) is 1.52. The summed E-state index contributed by atoms with van der Waals surface area (Å²) in [4.78, 5) is 0. The molecule has 3 fully saturated rings. The Kier molecular flexibility index (Phi) is 2.77. The minimum Gasteiger partial charge on any atom is -0.390 e. The van der Waals surface area contributed by atoms with Crippen LogP contribution >= 0.6 is 23.2 Å². The lowest BCUT2D eigenvalue weighted by molar-refractivity contribution is -0.280. The first kappa shape index (κ1) is 13.4. The fraction of sp³-hybridized carbons (Fsp3) is 1.00. The average Bonchev–Trinajstić information content (AvgIpc) is 2.73. The van der Waals surface area contributed by atoms with Crippen molar-refractivity contribution >= 4 is 23.2 Å². The third-order valence-corrected chi connectivity index (χ3v) is 5.04. The van der Waals surface area contributed by atoms with E-state index in [1.807, 2.05) is 13.8 Å². The lowest BCUT2D eigenvalue weighted by atomic mass is 9.72. The van der Waals surface area contributed by atoms with Gasteiger partial charge in [0.2, 0.25) is 0 Å². The second-order valence-electron chi connectivity index (χ2n) is 5.48. The summed E-state index contributed by atoms with van der Waals surface area (Å²) in [6, 6.07) is 0. The Morgan fingerprint density at radius 3 is 2.39 bits per heavy atom. The van der Waals surface area contributed by atoms with Crippen molar-refractivity contribution in [2.24, 2.45) is 0 Å². The lowest BCUT2D eigenvalue weighted by Gasteiger charge is -2.54. The van der Waals surface area contributed by atoms with Crippen molar-refractivity contribution in [1.82, 2.24) is 0 Å². The third-order valence-electron chi connectivity index (χ3n) is 3.89. The van der Waals surface area contributed by atoms with Crippen LogP contribution in [0.15, 0.2) is 0 Å². The van der Waals surface area contributed by atoms with Gasteiger partial charge in [-0.3, -0.25) is 0 Å². The van der Waals surface area contributed by atoms with Crippen LogP contribution in [-0.4, -0.2) is 52.5 Å². The molecule has 1 spiro atoms. The molecule has 0 aromatic heterocycles. The predicted molar refractivity (Wildman–Crippen MR) is 63.5 cm³/mol. The number of alkyl halides is 2. The highest BCUT2D eigenvalue weighted by Crippen LogP contribution is 2.62. The van der Waals surface area contributed by atoms with Crippen LogP contribution in [0.1, 0.15) is 20.3 Å². The van der Waals surface area contributed by atoms with Gasteiger partial charge in [-0.05, 0) is 13.8 Å². The quantitative estimate of drug-likeness (QED) is 0.737. The van der Waals surface area contributed by atoms with Gasteiger partial charge in [-0.15, -0.1) is 0 Å². The zero-order valence-corrected chi connectivity index (χ0v) is 11.9. The molecule has 3 rings (SSSR count). The minimum absolute atomic E-state index is 0.306. The van der Waals surface area contributed by atoms with Gasteiger partial charge in [0.05, 0.1) is 6.10 Å². The van der Waals surface area contributed by atoms with Crippen molar-refractivity contribution in [3.05, 3.63) is 0 Å². The Morgan fingerprint density at radius 1 is 1.22 bits per heavy atom. The second kappa shape index (κ2) is 3.73. The number of fused-ring (bicyclic) bond motifs is 2. The van der Waals surface area contributed by atoms with Crippen molar-refractivity contribution < 1.29 is 24.1 Å². The summed E-state index contributed by atoms with van der Waals surface area (Å²) in [5.74, 6) is -0.743. The standard InChI is InChI=1S/C11H16Cl2O5/c1-9(2)16-6-7(17-9)10(18-8(6)15-3)4-5(14)11(10,12)13/h5-8,14H,4H2,1-3H3/t5?,6-,7+,8-,10+/m1/s1. The smallest absolute Gasteiger partial charge is 0.187 e. The van der Waals surface area contributed by atoms with Crippen molar-refractivity contribution in [3.63, 3.8) is 0 Å². The number of aliphatic hydroxyl groups is 1. The van der Waals surface area contributed by atoms with Crippen LogP contribution in [0.4, 0.5) is 0 Å². The zero-order valence-electron chi connectivity index (χ0n) is 10.4. The monoisotopic (exact) mass is 298 g/mol. The summed E-state index contributed by atoms with van der Waals surface area (Å²) in [6.45, 7) is 3.62. The molecule has 3 aliphatic rings. The molecule has 0 amide bonds. The fourth-order valence-electron chi connectivity index (χ4n) is 3.01. The van der Waals surface area contributed by atoms with Crippen LogP contribution in [0.2, 0.25) is 0 Å². The van der Waals surface area contributed by atoms with Crippen LogP contribution in [0, 0.1) is 0 Å². The molecule has 5 atom stereocenters. The molecule has 0 aromatic carbocycles. The van der Waals surface area contributed by atoms with Gasteiger partial charge < -0.3 is 24.1 Å². The van der Waals surface area contributed by atoms with Crippen LogP contribution in [0.5, 0.6) is 0 Å². The van der Waals surface area contributed by atoms with Gasteiger partial charge in [-0.2, -0.15) is 0 Å². The molecule has 0 radical (unpaired) electrons. The normalized spacial score (nSPS) is 52.3. The van der Waals surface area contributed by atoms with E-state index in [2.05, 4.69) is 0 Å². The highest BCUT2D eigenvalue weighted by Gasteiger charge is 2.78. The first-order chi connectivity index (χ1) is 8.23. The molecular weight excluding hydrogens is 283 g/mol. The molecule has 1 aliphatic carbocycles. The Hall–Kier alpha value is 0.380. The Labute approximate surface area is 115 Å². The van der Waals surface area contributed by atoms with E-state index in [0.29, 0.717) is 6.42 Å². The Morgan fingerprint density at radius 2 is 1.89 bits per heavy atom. The molecule has 2 heterocycles. The summed E-state index contributed by atoms with van der Waals surface area (Å²) in [5, 5.41) is 9.73. The second-order valence-corrected chi connectivity index (χ2v) is 6.86. The van der Waals surface area contributed by atoms with Gasteiger partial charge >= 0.3 is 0 Å². The summed E-state index contributed by atoms with van der Waals surface area (Å²) in [5.41, 5.74) is -0.978. The molecule has 104 valence electrons. The van der Waals surface area contributed by atoms with Crippen LogP contribution in [-0.2, 0) is 18.9 Å². The van der Waals surface area contributed by atoms with Gasteiger partial charge in [0, 0.05) is 13.5 Å². The van der Waals surface area contributed by atoms with E-state index < -0.39 is 40.3 Å². The maximum absolute atomic E-state index is 9.73. The SMILES string of the molecule is CO[C@@H]1O[C@@]2(CC(O)C2(Cl)Cl)[C@H]2OC(C)(C)O[C@@H]12. The maximum atomic E-state index is 9.73. The van der Waals surface area contributed by atoms with Crippen LogP contribution in [0.25, 0.3) is 0 Å². The van der Waals surface area contributed by atoms with E-state index in [4.69, 9.17) is 42.1 Å². The van der Waals surface area contributed by atoms with Crippen molar-refractivity contribution in [2.75, 3.05) is 7.11 Å². The molecule has 0 aromatic rings. The van der Waals surface area contributed by atoms with Crippen LogP contribution in [0.3, 0.4) is 0 Å². The first-order valence-electron chi connectivity index (χ1n) is 5.86. The first-order valence-corrected chi connectivity index (χ1v) is 6.61. The molecule has 2 saturated heterocycles. The molecular formula is C11H16Cl2O5. The molecule has 18 heavy (non-hydrogen) atoms. The number of rotatable bonds is 1. The number of ether oxygens (including phenoxy) is 4. The van der Waals surface area contributed by atoms with E-state index in [1.54, 1.807) is 0 Å². The summed E-state index contributed by atoms with van der Waals surface area (Å²) in [6.07, 6.45) is -1.98. The van der Waals surface area contributed by atoms with Gasteiger partial charge in [0.25, 0.3) is 0 Å². The molecule has 0 bridgehead atoms. The fourth-order valence-corrected chi connectivity index (χ4v) is 3.62. The van der Waals surface area contributed by atoms with E-state index in [9.17, 15) is 5.11 Å². The number of aliphatic hydroxyl groups excluding tert-OH is 1. The predicted octanol–water partition coefficient (Wildman–Crippen LogP) is 1.19. The van der Waals surface area contributed by atoms with Gasteiger partial charge in [-0.1, -0.05) is 23.2 Å². The molecule has 2 aliphatic heterocycles. The Balaban J connectivity index is 1.94. The van der Waals surface area contributed by atoms with Gasteiger partial charge in [0.1, 0.15) is 17.8 Å². The zero-order chi connectivity index (χ0) is 13.3. The highest BCUT2D eigenvalue weighted by molar-refractivity contribution is 6.50. The third kappa shape index (κ3) is 1.47. The van der Waals surface area contributed by atoms with E-state index in [1.165, 1.54) is 7.11 Å². The largest absolute Gasteiger partial charge is 0.390 e. The number of methoxy groups -OCH3 is 1. The molecule has 1 saturated carbocycles. The van der Waals surface area contributed by atoms with Crippen molar-refractivity contribution in [1.29, 1.82) is 0 Å². The van der Waals surface area contributed by atoms with Gasteiger partial charge in [-0.25, -0.2) is 0 Å². The molecule has 1 N–H and O–H groups in total. The van der Waals surface area contributed by atoms with Crippen molar-refractivity contribution in [3.8, 4) is 0 Å². The van der Waals surface area contributed by atoms with Gasteiger partial charge in [0.15, 0.2) is 16.4 Å². The summed E-state index contributed by atoms with van der Waals surface area (Å²) >= 11 is 12.4. The van der Waals surface area contributed by atoms with E-state index >= 15 is 0 Å². The molecule has 5 nitrogen and oxygen atoms in total. The van der Waals surface area contributed by atoms with Crippen LogP contribution < -0.4 is 0 Å². The number of hydrogen-bond donors (Lipinski definition) is 1.